The molecule has 3 aromatic carbocycles. The van der Waals surface area contributed by atoms with Crippen LogP contribution in [0.5, 0.6) is 5.75 Å². The van der Waals surface area contributed by atoms with E-state index in [0.717, 1.165) is 57.7 Å². The van der Waals surface area contributed by atoms with Crippen LogP contribution in [0.25, 0.3) is 23.1 Å². The van der Waals surface area contributed by atoms with Gasteiger partial charge in [-0.15, -0.1) is 0 Å². The van der Waals surface area contributed by atoms with E-state index >= 15 is 0 Å². The Morgan fingerprint density at radius 2 is 1.77 bits per heavy atom. The number of aliphatic carboxylic acids is 1. The van der Waals surface area contributed by atoms with Crippen molar-refractivity contribution in [2.45, 2.75) is 75.7 Å². The van der Waals surface area contributed by atoms with E-state index in [-0.39, 0.29) is 11.8 Å². The van der Waals surface area contributed by atoms with Crippen molar-refractivity contribution in [2.24, 2.45) is 0 Å². The fourth-order valence-corrected chi connectivity index (χ4v) is 7.01. The molecule has 4 aromatic rings. The number of fused-ring (bicyclic) bond motifs is 3. The van der Waals surface area contributed by atoms with Crippen LogP contribution < -0.4 is 10.1 Å². The number of aromatic amines is 1. The van der Waals surface area contributed by atoms with Crippen molar-refractivity contribution in [3.63, 3.8) is 0 Å². The number of amides is 1. The summed E-state index contributed by atoms with van der Waals surface area (Å²) in [5, 5.41) is 19.1. The molecule has 2 fully saturated rings. The number of carbonyl (C=O) groups is 2. The van der Waals surface area contributed by atoms with Gasteiger partial charge in [0.2, 0.25) is 5.91 Å². The minimum atomic E-state index is -5.08. The number of H-pyrrole nitrogens is 1. The SMILES string of the molecule is COc1ccc2c(c1)[C@]1(C[C@H]1c1ccc3c(/C=C/c4ccc(CN5[C@H](C)CCC[C@@H]5C)cc4)n[nH]c3c1)C(=O)N2.O=C(O)C(F)(F)F. The standard InChI is InChI=1S/C34H36N4O2.C2HF3O2/c1-21-5-4-6-22(2)38(21)20-24-9-7-23(8-10-24)11-15-30-27-14-12-25(17-32(27)37-36-30)29-19-34(29)28-18-26(40-3)13-16-31(28)35-33(34)39;3-2(4,5)1(6)7/h7-18,21-22,29H,4-6,19-20H2,1-3H3,(H,35,39)(H,36,37);(H,6,7)/b15-11+;/t21-,22+,29-,34-;/m0./s1. The average Bonchev–Trinajstić information content (AvgIpc) is 3.58. The Hall–Kier alpha value is -4.64. The molecule has 3 N–H and O–H groups in total. The van der Waals surface area contributed by atoms with E-state index in [0.29, 0.717) is 12.1 Å². The number of likely N-dealkylation sites (tertiary alicyclic amines) is 1. The number of aromatic nitrogens is 2. The largest absolute Gasteiger partial charge is 0.497 e. The first-order valence-corrected chi connectivity index (χ1v) is 15.7. The normalized spacial score (nSPS) is 23.8. The molecular formula is C36H37F3N4O4. The molecule has 3 heterocycles. The summed E-state index contributed by atoms with van der Waals surface area (Å²) in [5.74, 6) is -1.75. The summed E-state index contributed by atoms with van der Waals surface area (Å²) in [7, 11) is 1.66. The second kappa shape index (κ2) is 12.5. The van der Waals surface area contributed by atoms with Gasteiger partial charge in [-0.3, -0.25) is 14.8 Å². The second-order valence-corrected chi connectivity index (χ2v) is 12.7. The first kappa shape index (κ1) is 32.3. The number of alkyl halides is 3. The van der Waals surface area contributed by atoms with Crippen molar-refractivity contribution < 1.29 is 32.6 Å². The Morgan fingerprint density at radius 3 is 2.43 bits per heavy atom. The molecule has 1 saturated heterocycles. The van der Waals surface area contributed by atoms with E-state index in [9.17, 15) is 18.0 Å². The topological polar surface area (TPSA) is 108 Å². The van der Waals surface area contributed by atoms with Gasteiger partial charge in [-0.25, -0.2) is 4.79 Å². The first-order chi connectivity index (χ1) is 22.4. The quantitative estimate of drug-likeness (QED) is 0.200. The maximum Gasteiger partial charge on any atom is 0.490 e. The van der Waals surface area contributed by atoms with Crippen LogP contribution in [0.4, 0.5) is 18.9 Å². The van der Waals surface area contributed by atoms with Crippen molar-refractivity contribution in [2.75, 3.05) is 12.4 Å². The van der Waals surface area contributed by atoms with Crippen molar-refractivity contribution in [1.29, 1.82) is 0 Å². The predicted octanol–water partition coefficient (Wildman–Crippen LogP) is 7.52. The summed E-state index contributed by atoms with van der Waals surface area (Å²) < 4.78 is 37.2. The number of rotatable bonds is 6. The summed E-state index contributed by atoms with van der Waals surface area (Å²) in [6.07, 6.45) is 3.86. The van der Waals surface area contributed by atoms with Gasteiger partial charge in [-0.1, -0.05) is 48.9 Å². The minimum absolute atomic E-state index is 0.0834. The molecular weight excluding hydrogens is 609 g/mol. The van der Waals surface area contributed by atoms with Gasteiger partial charge in [0.05, 0.1) is 23.7 Å². The van der Waals surface area contributed by atoms with E-state index < -0.39 is 17.6 Å². The summed E-state index contributed by atoms with van der Waals surface area (Å²) >= 11 is 0. The number of nitrogens with zero attached hydrogens (tertiary/aromatic N) is 2. The van der Waals surface area contributed by atoms with E-state index in [2.05, 4.69) is 88.9 Å². The van der Waals surface area contributed by atoms with Crippen LogP contribution in [0.1, 0.15) is 73.4 Å². The predicted molar refractivity (Wildman–Crippen MR) is 174 cm³/mol. The van der Waals surface area contributed by atoms with E-state index in [1.807, 2.05) is 18.2 Å². The molecule has 4 atom stereocenters. The monoisotopic (exact) mass is 646 g/mol. The van der Waals surface area contributed by atoms with Gasteiger partial charge in [-0.2, -0.15) is 18.3 Å². The maximum absolute atomic E-state index is 13.1. The lowest BCUT2D eigenvalue weighted by Crippen LogP contribution is -2.42. The van der Waals surface area contributed by atoms with Crippen LogP contribution in [0, 0.1) is 0 Å². The minimum Gasteiger partial charge on any atom is -0.497 e. The van der Waals surface area contributed by atoms with Gasteiger partial charge in [-0.05, 0) is 85.7 Å². The summed E-state index contributed by atoms with van der Waals surface area (Å²) in [5.41, 5.74) is 7.03. The Kier molecular flexibility index (Phi) is 8.61. The Morgan fingerprint density at radius 1 is 1.06 bits per heavy atom. The highest BCUT2D eigenvalue weighted by molar-refractivity contribution is 6.10. The van der Waals surface area contributed by atoms with Gasteiger partial charge in [0.1, 0.15) is 5.75 Å². The van der Waals surface area contributed by atoms with Crippen LogP contribution in [0.15, 0.2) is 60.7 Å². The number of piperidine rings is 1. The van der Waals surface area contributed by atoms with E-state index in [1.54, 1.807) is 7.11 Å². The van der Waals surface area contributed by atoms with Crippen LogP contribution in [0.2, 0.25) is 0 Å². The number of benzene rings is 3. The molecule has 11 heteroatoms. The van der Waals surface area contributed by atoms with Crippen molar-refractivity contribution in [3.8, 4) is 5.75 Å². The van der Waals surface area contributed by atoms with E-state index in [4.69, 9.17) is 14.6 Å². The Balaban J connectivity index is 0.000000499. The Bertz CT molecular complexity index is 1820. The van der Waals surface area contributed by atoms with Gasteiger partial charge in [0.25, 0.3) is 0 Å². The number of carboxylic acids is 1. The highest BCUT2D eigenvalue weighted by Crippen LogP contribution is 2.65. The lowest BCUT2D eigenvalue weighted by molar-refractivity contribution is -0.192. The number of carboxylic acid groups (broad SMARTS) is 1. The van der Waals surface area contributed by atoms with Crippen molar-refractivity contribution in [1.82, 2.24) is 15.1 Å². The van der Waals surface area contributed by atoms with Gasteiger partial charge in [0.15, 0.2) is 0 Å². The van der Waals surface area contributed by atoms with Gasteiger partial charge in [0, 0.05) is 35.6 Å². The second-order valence-electron chi connectivity index (χ2n) is 12.7. The molecule has 0 bridgehead atoms. The number of hydrogen-bond acceptors (Lipinski definition) is 5. The molecule has 1 aromatic heterocycles. The molecule has 1 saturated carbocycles. The van der Waals surface area contributed by atoms with Crippen LogP contribution in [0.3, 0.4) is 0 Å². The molecule has 246 valence electrons. The fraction of sp³-hybridized carbons (Fsp3) is 0.361. The number of anilines is 1. The zero-order chi connectivity index (χ0) is 33.5. The number of hydrogen-bond donors (Lipinski definition) is 3. The third kappa shape index (κ3) is 6.36. The lowest BCUT2D eigenvalue weighted by Gasteiger charge is -2.39. The first-order valence-electron chi connectivity index (χ1n) is 15.7. The van der Waals surface area contributed by atoms with Crippen LogP contribution in [-0.4, -0.2) is 57.5 Å². The molecule has 0 unspecified atom stereocenters. The molecule has 2 aliphatic heterocycles. The summed E-state index contributed by atoms with van der Waals surface area (Å²) in [4.78, 5) is 24.6. The van der Waals surface area contributed by atoms with Crippen LogP contribution in [-0.2, 0) is 21.5 Å². The molecule has 3 aliphatic rings. The highest BCUT2D eigenvalue weighted by Gasteiger charge is 2.65. The van der Waals surface area contributed by atoms with Crippen molar-refractivity contribution >= 4 is 40.6 Å². The summed E-state index contributed by atoms with van der Waals surface area (Å²) in [6.45, 7) is 5.73. The zero-order valence-electron chi connectivity index (χ0n) is 26.4. The molecule has 1 aliphatic carbocycles. The molecule has 7 rings (SSSR count). The average molecular weight is 647 g/mol. The lowest BCUT2D eigenvalue weighted by atomic mass is 9.91. The number of carbonyl (C=O) groups excluding carboxylic acids is 1. The number of nitrogens with one attached hydrogen (secondary N) is 2. The van der Waals surface area contributed by atoms with Crippen molar-refractivity contribution in [3.05, 3.63) is 88.6 Å². The molecule has 1 amide bonds. The zero-order valence-corrected chi connectivity index (χ0v) is 26.4. The van der Waals surface area contributed by atoms with Gasteiger partial charge < -0.3 is 15.2 Å². The highest BCUT2D eigenvalue weighted by atomic mass is 19.4. The number of halogens is 3. The molecule has 8 nitrogen and oxygen atoms in total. The third-order valence-electron chi connectivity index (χ3n) is 9.74. The maximum atomic E-state index is 13.1. The third-order valence-corrected chi connectivity index (χ3v) is 9.74. The smallest absolute Gasteiger partial charge is 0.490 e. The molecule has 0 radical (unpaired) electrons. The summed E-state index contributed by atoms with van der Waals surface area (Å²) in [6, 6.07) is 22.5. The van der Waals surface area contributed by atoms with Gasteiger partial charge >= 0.3 is 12.1 Å². The number of methoxy groups -OCH3 is 1. The van der Waals surface area contributed by atoms with Crippen LogP contribution >= 0.6 is 0 Å². The Labute approximate surface area is 270 Å². The molecule has 1 spiro atoms. The number of ether oxygens (including phenoxy) is 1. The molecule has 47 heavy (non-hydrogen) atoms. The fourth-order valence-electron chi connectivity index (χ4n) is 7.01. The van der Waals surface area contributed by atoms with E-state index in [1.165, 1.54) is 24.8 Å².